The van der Waals surface area contributed by atoms with Crippen LogP contribution in [0.15, 0.2) is 41.4 Å². The Morgan fingerprint density at radius 1 is 1.23 bits per heavy atom. The van der Waals surface area contributed by atoms with Crippen molar-refractivity contribution in [2.24, 2.45) is 5.41 Å². The number of benzene rings is 1. The molecule has 1 aliphatic rings. The van der Waals surface area contributed by atoms with Gasteiger partial charge < -0.3 is 10.3 Å². The lowest BCUT2D eigenvalue weighted by atomic mass is 9.85. The van der Waals surface area contributed by atoms with Crippen molar-refractivity contribution in [3.8, 4) is 0 Å². The third-order valence-electron chi connectivity index (χ3n) is 4.90. The van der Waals surface area contributed by atoms with Crippen molar-refractivity contribution in [1.29, 1.82) is 0 Å². The molecule has 1 unspecified atom stereocenters. The topological polar surface area (TPSA) is 82.3 Å². The molecular weight excluding hydrogens is 425 g/mol. The van der Waals surface area contributed by atoms with Gasteiger partial charge in [-0.2, -0.15) is 16.1 Å². The summed E-state index contributed by atoms with van der Waals surface area (Å²) in [4.78, 5) is 15.8. The molecule has 0 bridgehead atoms. The van der Waals surface area contributed by atoms with E-state index in [0.717, 1.165) is 17.1 Å². The van der Waals surface area contributed by atoms with Gasteiger partial charge in [0.25, 0.3) is 5.91 Å². The lowest BCUT2D eigenvalue weighted by Crippen LogP contribution is -2.37. The fraction of sp³-hybridized carbons (Fsp3) is 0.476. The molecule has 1 aliphatic heterocycles. The van der Waals surface area contributed by atoms with Gasteiger partial charge in [0.05, 0.1) is 6.04 Å². The first kappa shape index (κ1) is 22.8. The van der Waals surface area contributed by atoms with Gasteiger partial charge in [-0.1, -0.05) is 32.9 Å². The highest BCUT2D eigenvalue weighted by molar-refractivity contribution is 7.99. The number of H-pyrrole nitrogens is 1. The van der Waals surface area contributed by atoms with Crippen molar-refractivity contribution in [3.05, 3.63) is 53.6 Å². The molecule has 2 N–H and O–H groups in total. The van der Waals surface area contributed by atoms with Crippen LogP contribution < -0.4 is 5.32 Å². The van der Waals surface area contributed by atoms with Crippen molar-refractivity contribution in [1.82, 2.24) is 14.6 Å². The zero-order valence-corrected chi connectivity index (χ0v) is 19.1. The predicted octanol–water partition coefficient (Wildman–Crippen LogP) is 3.80. The number of carbonyl (C=O) groups is 1. The summed E-state index contributed by atoms with van der Waals surface area (Å²) in [6.45, 7) is 7.12. The van der Waals surface area contributed by atoms with E-state index in [0.29, 0.717) is 19.5 Å². The molecule has 1 aromatic heterocycles. The summed E-state index contributed by atoms with van der Waals surface area (Å²) in [5.41, 5.74) is 0.897. The second kappa shape index (κ2) is 9.11. The van der Waals surface area contributed by atoms with Crippen LogP contribution in [0.3, 0.4) is 0 Å². The molecule has 1 atom stereocenters. The SMILES string of the molecule is CC(C)(C)CC(NC(=O)c1cc(S(=O)(=O)N2CCSCC2)c[nH]1)c1ccc(F)cc1. The van der Waals surface area contributed by atoms with Crippen molar-refractivity contribution >= 4 is 27.7 Å². The summed E-state index contributed by atoms with van der Waals surface area (Å²) in [6, 6.07) is 7.10. The van der Waals surface area contributed by atoms with Crippen molar-refractivity contribution in [3.63, 3.8) is 0 Å². The fourth-order valence-electron chi connectivity index (χ4n) is 3.39. The molecule has 3 rings (SSSR count). The molecule has 1 aromatic carbocycles. The summed E-state index contributed by atoms with van der Waals surface area (Å²) in [5.74, 6) is 0.797. The highest BCUT2D eigenvalue weighted by atomic mass is 32.2. The number of aromatic nitrogens is 1. The maximum Gasteiger partial charge on any atom is 0.268 e. The van der Waals surface area contributed by atoms with E-state index in [1.54, 1.807) is 23.9 Å². The standard InChI is InChI=1S/C21H28FN3O3S2/c1-21(2,3)13-19(15-4-6-16(22)7-5-15)24-20(26)18-12-17(14-23-18)30(27,28)25-8-10-29-11-9-25/h4-7,12,14,19,23H,8-11,13H2,1-3H3,(H,24,26). The number of amides is 1. The Balaban J connectivity index is 1.78. The summed E-state index contributed by atoms with van der Waals surface area (Å²) < 4.78 is 40.4. The minimum atomic E-state index is -3.62. The van der Waals surface area contributed by atoms with Gasteiger partial charge in [-0.15, -0.1) is 0 Å². The lowest BCUT2D eigenvalue weighted by Gasteiger charge is -2.27. The maximum absolute atomic E-state index is 13.3. The molecule has 0 spiro atoms. The van der Waals surface area contributed by atoms with Crippen LogP contribution in [0.25, 0.3) is 0 Å². The average molecular weight is 454 g/mol. The number of hydrogen-bond acceptors (Lipinski definition) is 4. The second-order valence-electron chi connectivity index (χ2n) is 8.61. The molecule has 9 heteroatoms. The molecule has 2 aromatic rings. The van der Waals surface area contributed by atoms with Gasteiger partial charge in [-0.25, -0.2) is 12.8 Å². The maximum atomic E-state index is 13.3. The van der Waals surface area contributed by atoms with Gasteiger partial charge >= 0.3 is 0 Å². The van der Waals surface area contributed by atoms with Gasteiger partial charge in [-0.05, 0) is 35.6 Å². The molecule has 2 heterocycles. The van der Waals surface area contributed by atoms with Crippen LogP contribution in [0.2, 0.25) is 0 Å². The number of thioether (sulfide) groups is 1. The molecule has 0 radical (unpaired) electrons. The molecule has 1 fully saturated rings. The third-order valence-corrected chi connectivity index (χ3v) is 7.72. The van der Waals surface area contributed by atoms with E-state index >= 15 is 0 Å². The van der Waals surface area contributed by atoms with Gasteiger partial charge in [0.1, 0.15) is 16.4 Å². The number of nitrogens with zero attached hydrogens (tertiary/aromatic N) is 1. The molecule has 1 amide bonds. The zero-order chi connectivity index (χ0) is 21.9. The lowest BCUT2D eigenvalue weighted by molar-refractivity contribution is 0.0922. The Hall–Kier alpha value is -1.84. The predicted molar refractivity (Wildman–Crippen MR) is 118 cm³/mol. The number of nitrogens with one attached hydrogen (secondary N) is 2. The summed E-state index contributed by atoms with van der Waals surface area (Å²) in [6.07, 6.45) is 2.00. The Morgan fingerprint density at radius 3 is 2.47 bits per heavy atom. The second-order valence-corrected chi connectivity index (χ2v) is 11.8. The smallest absolute Gasteiger partial charge is 0.268 e. The molecule has 0 saturated carbocycles. The van der Waals surface area contributed by atoms with Gasteiger partial charge in [0, 0.05) is 30.8 Å². The van der Waals surface area contributed by atoms with E-state index in [9.17, 15) is 17.6 Å². The first-order valence-corrected chi connectivity index (χ1v) is 12.5. The summed E-state index contributed by atoms with van der Waals surface area (Å²) >= 11 is 1.73. The normalized spacial score (nSPS) is 16.9. The van der Waals surface area contributed by atoms with Crippen LogP contribution in [-0.2, 0) is 10.0 Å². The van der Waals surface area contributed by atoms with E-state index in [1.807, 2.05) is 0 Å². The van der Waals surface area contributed by atoms with E-state index in [1.165, 1.54) is 28.7 Å². The highest BCUT2D eigenvalue weighted by Crippen LogP contribution is 2.30. The number of hydrogen-bond donors (Lipinski definition) is 2. The van der Waals surface area contributed by atoms with Crippen LogP contribution in [-0.4, -0.2) is 48.2 Å². The van der Waals surface area contributed by atoms with Crippen molar-refractivity contribution in [2.45, 2.75) is 38.1 Å². The number of aromatic amines is 1. The van der Waals surface area contributed by atoms with E-state index in [-0.39, 0.29) is 27.9 Å². The Morgan fingerprint density at radius 2 is 1.87 bits per heavy atom. The van der Waals surface area contributed by atoms with Crippen LogP contribution in [0.5, 0.6) is 0 Å². The quantitative estimate of drug-likeness (QED) is 0.697. The highest BCUT2D eigenvalue weighted by Gasteiger charge is 2.29. The Bertz CT molecular complexity index is 976. The number of carbonyl (C=O) groups excluding carboxylic acids is 1. The minimum Gasteiger partial charge on any atom is -0.356 e. The molecule has 6 nitrogen and oxygen atoms in total. The number of sulfonamides is 1. The van der Waals surface area contributed by atoms with Crippen molar-refractivity contribution in [2.75, 3.05) is 24.6 Å². The van der Waals surface area contributed by atoms with Crippen LogP contribution in [0, 0.1) is 11.2 Å². The van der Waals surface area contributed by atoms with Crippen LogP contribution in [0.1, 0.15) is 49.3 Å². The monoisotopic (exact) mass is 453 g/mol. The minimum absolute atomic E-state index is 0.0805. The first-order chi connectivity index (χ1) is 14.1. The Kier molecular flexibility index (Phi) is 6.94. The van der Waals surface area contributed by atoms with Gasteiger partial charge in [0.15, 0.2) is 0 Å². The van der Waals surface area contributed by atoms with E-state index < -0.39 is 15.9 Å². The van der Waals surface area contributed by atoms with Gasteiger partial charge in [0.2, 0.25) is 10.0 Å². The molecule has 30 heavy (non-hydrogen) atoms. The average Bonchev–Trinajstić information content (AvgIpc) is 3.19. The molecule has 1 saturated heterocycles. The van der Waals surface area contributed by atoms with Crippen LogP contribution in [0.4, 0.5) is 4.39 Å². The first-order valence-electron chi connectivity index (χ1n) is 9.89. The van der Waals surface area contributed by atoms with Gasteiger partial charge in [-0.3, -0.25) is 4.79 Å². The zero-order valence-electron chi connectivity index (χ0n) is 17.4. The fourth-order valence-corrected chi connectivity index (χ4v) is 5.96. The summed E-state index contributed by atoms with van der Waals surface area (Å²) in [7, 11) is -3.62. The third kappa shape index (κ3) is 5.65. The van der Waals surface area contributed by atoms with Crippen LogP contribution >= 0.6 is 11.8 Å². The molecule has 0 aliphatic carbocycles. The largest absolute Gasteiger partial charge is 0.356 e. The molecular formula is C21H28FN3O3S2. The van der Waals surface area contributed by atoms with Crippen molar-refractivity contribution < 1.29 is 17.6 Å². The Labute approximate surface area is 181 Å². The number of halogens is 1. The van der Waals surface area contributed by atoms with E-state index in [4.69, 9.17) is 0 Å². The summed E-state index contributed by atoms with van der Waals surface area (Å²) in [5, 5.41) is 2.97. The molecule has 164 valence electrons. The van der Waals surface area contributed by atoms with E-state index in [2.05, 4.69) is 31.1 Å². The number of rotatable bonds is 6.